The molecule has 20 heavy (non-hydrogen) atoms. The zero-order chi connectivity index (χ0) is 14.9. The maximum absolute atomic E-state index is 12.1. The second-order valence-corrected chi connectivity index (χ2v) is 4.47. The molecule has 1 amide bonds. The van der Waals surface area contributed by atoms with E-state index in [1.54, 1.807) is 25.5 Å². The first-order valence-electron chi connectivity index (χ1n) is 5.95. The van der Waals surface area contributed by atoms with Gasteiger partial charge in [0.05, 0.1) is 12.1 Å². The van der Waals surface area contributed by atoms with E-state index in [0.29, 0.717) is 22.6 Å². The number of aromatic amines is 1. The van der Waals surface area contributed by atoms with Gasteiger partial charge < -0.3 is 20.0 Å². The maximum atomic E-state index is 12.1. The van der Waals surface area contributed by atoms with Crippen LogP contribution in [0, 0.1) is 13.8 Å². The highest BCUT2D eigenvalue weighted by Crippen LogP contribution is 2.17. The first-order chi connectivity index (χ1) is 9.41. The number of amides is 1. The summed E-state index contributed by atoms with van der Waals surface area (Å²) in [6.07, 6.45) is 1.54. The van der Waals surface area contributed by atoms with Crippen molar-refractivity contribution in [3.8, 4) is 0 Å². The van der Waals surface area contributed by atoms with Gasteiger partial charge >= 0.3 is 5.97 Å². The summed E-state index contributed by atoms with van der Waals surface area (Å²) in [4.78, 5) is 25.9. The minimum absolute atomic E-state index is 0.0336. The molecule has 0 aliphatic rings. The largest absolute Gasteiger partial charge is 0.477 e. The molecule has 0 aliphatic carbocycles. The van der Waals surface area contributed by atoms with Crippen molar-refractivity contribution in [1.82, 2.24) is 25.1 Å². The Hall–Kier alpha value is -2.64. The zero-order valence-electron chi connectivity index (χ0n) is 11.4. The van der Waals surface area contributed by atoms with Gasteiger partial charge in [-0.1, -0.05) is 0 Å². The van der Waals surface area contributed by atoms with E-state index >= 15 is 0 Å². The van der Waals surface area contributed by atoms with E-state index in [0.717, 1.165) is 0 Å². The fraction of sp³-hybridized carbons (Fsp3) is 0.333. The number of nitrogens with one attached hydrogen (secondary N) is 2. The van der Waals surface area contributed by atoms with Gasteiger partial charge in [-0.2, -0.15) is 0 Å². The number of carbonyl (C=O) groups excluding carboxylic acids is 1. The van der Waals surface area contributed by atoms with Gasteiger partial charge in [0.2, 0.25) is 0 Å². The Morgan fingerprint density at radius 2 is 2.15 bits per heavy atom. The normalized spacial score (nSPS) is 10.6. The number of aromatic nitrogens is 4. The number of hydrogen-bond acceptors (Lipinski definition) is 4. The Bertz CT molecular complexity index is 671. The van der Waals surface area contributed by atoms with Crippen LogP contribution in [0.5, 0.6) is 0 Å². The van der Waals surface area contributed by atoms with Crippen LogP contribution in [0.1, 0.15) is 37.9 Å². The monoisotopic (exact) mass is 277 g/mol. The maximum Gasteiger partial charge on any atom is 0.352 e. The molecule has 0 spiro atoms. The summed E-state index contributed by atoms with van der Waals surface area (Å²) in [5.74, 6) is -0.813. The lowest BCUT2D eigenvalue weighted by Gasteiger charge is -2.05. The smallest absolute Gasteiger partial charge is 0.352 e. The molecule has 2 rings (SSSR count). The molecule has 0 fully saturated rings. The van der Waals surface area contributed by atoms with Crippen LogP contribution in [-0.2, 0) is 13.6 Å². The first kappa shape index (κ1) is 13.8. The number of carbonyl (C=O) groups is 2. The van der Waals surface area contributed by atoms with E-state index in [9.17, 15) is 9.59 Å². The van der Waals surface area contributed by atoms with Gasteiger partial charge in [-0.25, -0.2) is 4.79 Å². The number of aryl methyl sites for hydroxylation is 2. The summed E-state index contributed by atoms with van der Waals surface area (Å²) in [6, 6.07) is 0. The fourth-order valence-electron chi connectivity index (χ4n) is 2.02. The zero-order valence-corrected chi connectivity index (χ0v) is 11.4. The molecule has 8 heteroatoms. The Kier molecular flexibility index (Phi) is 3.55. The summed E-state index contributed by atoms with van der Waals surface area (Å²) < 4.78 is 1.69. The molecule has 0 saturated carbocycles. The summed E-state index contributed by atoms with van der Waals surface area (Å²) in [5, 5.41) is 19.3. The van der Waals surface area contributed by atoms with Crippen molar-refractivity contribution in [1.29, 1.82) is 0 Å². The van der Waals surface area contributed by atoms with Crippen LogP contribution in [0.4, 0.5) is 0 Å². The number of nitrogens with zero attached hydrogens (tertiary/aromatic N) is 3. The Morgan fingerprint density at radius 1 is 1.45 bits per heavy atom. The second kappa shape index (κ2) is 5.16. The van der Waals surface area contributed by atoms with Gasteiger partial charge in [0, 0.05) is 12.7 Å². The third-order valence-corrected chi connectivity index (χ3v) is 3.09. The summed E-state index contributed by atoms with van der Waals surface area (Å²) in [7, 11) is 1.77. The van der Waals surface area contributed by atoms with Crippen molar-refractivity contribution in [3.05, 3.63) is 34.7 Å². The van der Waals surface area contributed by atoms with Crippen LogP contribution in [0.2, 0.25) is 0 Å². The van der Waals surface area contributed by atoms with Crippen molar-refractivity contribution in [2.24, 2.45) is 7.05 Å². The van der Waals surface area contributed by atoms with Gasteiger partial charge in [0.25, 0.3) is 5.91 Å². The Balaban J connectivity index is 2.18. The molecule has 3 N–H and O–H groups in total. The van der Waals surface area contributed by atoms with Crippen LogP contribution < -0.4 is 5.32 Å². The average molecular weight is 277 g/mol. The van der Waals surface area contributed by atoms with Gasteiger partial charge in [0.1, 0.15) is 12.0 Å². The summed E-state index contributed by atoms with van der Waals surface area (Å²) in [5.41, 5.74) is 1.33. The lowest BCUT2D eigenvalue weighted by molar-refractivity contribution is 0.0690. The third kappa shape index (κ3) is 2.40. The molecule has 8 nitrogen and oxygen atoms in total. The summed E-state index contributed by atoms with van der Waals surface area (Å²) >= 11 is 0. The lowest BCUT2D eigenvalue weighted by atomic mass is 10.1. The highest BCUT2D eigenvalue weighted by atomic mass is 16.4. The first-order valence-corrected chi connectivity index (χ1v) is 5.95. The van der Waals surface area contributed by atoms with Crippen LogP contribution >= 0.6 is 0 Å². The highest BCUT2D eigenvalue weighted by molar-refractivity contribution is 6.00. The molecule has 2 aromatic heterocycles. The van der Waals surface area contributed by atoms with Gasteiger partial charge in [-0.05, 0) is 19.4 Å². The van der Waals surface area contributed by atoms with E-state index in [-0.39, 0.29) is 18.1 Å². The number of hydrogen-bond donors (Lipinski definition) is 3. The standard InChI is InChI=1S/C12H15N5O3/c1-6-9(7(2)15-10(6)12(19)20)11(18)13-4-8-16-14-5-17(8)3/h5,15H,4H2,1-3H3,(H,13,18)(H,19,20). The lowest BCUT2D eigenvalue weighted by Crippen LogP contribution is -2.25. The van der Waals surface area contributed by atoms with E-state index in [1.165, 1.54) is 6.33 Å². The Morgan fingerprint density at radius 3 is 2.65 bits per heavy atom. The predicted octanol–water partition coefficient (Wildman–Crippen LogP) is 0.388. The molecule has 106 valence electrons. The van der Waals surface area contributed by atoms with E-state index in [4.69, 9.17) is 5.11 Å². The van der Waals surface area contributed by atoms with Crippen molar-refractivity contribution in [3.63, 3.8) is 0 Å². The minimum atomic E-state index is -1.09. The molecule has 0 unspecified atom stereocenters. The number of carboxylic acid groups (broad SMARTS) is 1. The van der Waals surface area contributed by atoms with Gasteiger partial charge in [-0.3, -0.25) is 4.79 Å². The van der Waals surface area contributed by atoms with Crippen LogP contribution in [-0.4, -0.2) is 36.7 Å². The molecule has 2 aromatic rings. The number of rotatable bonds is 4. The molecule has 0 aromatic carbocycles. The molecule has 0 aliphatic heterocycles. The van der Waals surface area contributed by atoms with Crippen molar-refractivity contribution in [2.45, 2.75) is 20.4 Å². The predicted molar refractivity (Wildman–Crippen MR) is 69.4 cm³/mol. The molecule has 0 radical (unpaired) electrons. The number of carboxylic acids is 1. The molecular weight excluding hydrogens is 262 g/mol. The minimum Gasteiger partial charge on any atom is -0.477 e. The van der Waals surface area contributed by atoms with Crippen LogP contribution in [0.3, 0.4) is 0 Å². The van der Waals surface area contributed by atoms with Gasteiger partial charge in [0.15, 0.2) is 5.82 Å². The quantitative estimate of drug-likeness (QED) is 0.748. The SMILES string of the molecule is Cc1[nH]c(C(=O)O)c(C)c1C(=O)NCc1nncn1C. The highest BCUT2D eigenvalue weighted by Gasteiger charge is 2.21. The summed E-state index contributed by atoms with van der Waals surface area (Å²) in [6.45, 7) is 3.49. The van der Waals surface area contributed by atoms with E-state index < -0.39 is 5.97 Å². The third-order valence-electron chi connectivity index (χ3n) is 3.09. The molecule has 0 atom stereocenters. The van der Waals surface area contributed by atoms with Crippen LogP contribution in [0.25, 0.3) is 0 Å². The van der Waals surface area contributed by atoms with Crippen molar-refractivity contribution < 1.29 is 14.7 Å². The molecule has 2 heterocycles. The van der Waals surface area contributed by atoms with E-state index in [2.05, 4.69) is 20.5 Å². The molecule has 0 bridgehead atoms. The number of H-pyrrole nitrogens is 1. The van der Waals surface area contributed by atoms with Crippen molar-refractivity contribution in [2.75, 3.05) is 0 Å². The molecule has 0 saturated heterocycles. The average Bonchev–Trinajstić information content (AvgIpc) is 2.90. The van der Waals surface area contributed by atoms with E-state index in [1.807, 2.05) is 0 Å². The Labute approximate surface area is 114 Å². The van der Waals surface area contributed by atoms with Gasteiger partial charge in [-0.15, -0.1) is 10.2 Å². The topological polar surface area (TPSA) is 113 Å². The van der Waals surface area contributed by atoms with Crippen LogP contribution in [0.15, 0.2) is 6.33 Å². The van der Waals surface area contributed by atoms with Crippen molar-refractivity contribution >= 4 is 11.9 Å². The second-order valence-electron chi connectivity index (χ2n) is 4.47. The molecular formula is C12H15N5O3. The number of aromatic carboxylic acids is 1. The fourth-order valence-corrected chi connectivity index (χ4v) is 2.02.